The molecule has 0 amide bonds. The molecule has 1 heterocycles. The third kappa shape index (κ3) is 9.32. The van der Waals surface area contributed by atoms with Crippen molar-refractivity contribution in [1.29, 1.82) is 0 Å². The second kappa shape index (κ2) is 10.3. The van der Waals surface area contributed by atoms with Crippen LogP contribution < -0.4 is 0 Å². The number of methoxy groups -OCH3 is 2. The molecule has 0 fully saturated rings. The summed E-state index contributed by atoms with van der Waals surface area (Å²) in [7, 11) is 3.30. The zero-order valence-electron chi connectivity index (χ0n) is 9.43. The van der Waals surface area contributed by atoms with E-state index in [9.17, 15) is 9.59 Å². The molecule has 0 unspecified atom stereocenters. The molecule has 1 aliphatic rings. The van der Waals surface area contributed by atoms with Crippen LogP contribution in [0.25, 0.3) is 0 Å². The SMILES string of the molecule is COCCOCCOC.O=C1C=CC(=O)O1. The van der Waals surface area contributed by atoms with E-state index in [4.69, 9.17) is 14.2 Å². The Bertz CT molecular complexity index is 213. The summed E-state index contributed by atoms with van der Waals surface area (Å²) in [6.07, 6.45) is 2.17. The van der Waals surface area contributed by atoms with E-state index in [2.05, 4.69) is 4.74 Å². The minimum atomic E-state index is -0.579. The average Bonchev–Trinajstić information content (AvgIpc) is 2.63. The van der Waals surface area contributed by atoms with Crippen LogP contribution in [0.5, 0.6) is 0 Å². The first kappa shape index (κ1) is 14.8. The van der Waals surface area contributed by atoms with Gasteiger partial charge in [0.25, 0.3) is 0 Å². The monoisotopic (exact) mass is 232 g/mol. The van der Waals surface area contributed by atoms with Crippen molar-refractivity contribution in [2.45, 2.75) is 0 Å². The number of carbonyl (C=O) groups is 2. The van der Waals surface area contributed by atoms with Crippen molar-refractivity contribution in [2.75, 3.05) is 40.6 Å². The van der Waals surface area contributed by atoms with E-state index in [1.807, 2.05) is 0 Å². The van der Waals surface area contributed by atoms with Crippen LogP contribution in [0.2, 0.25) is 0 Å². The van der Waals surface area contributed by atoms with E-state index in [1.54, 1.807) is 14.2 Å². The molecule has 16 heavy (non-hydrogen) atoms. The summed E-state index contributed by atoms with van der Waals surface area (Å²) in [4.78, 5) is 19.8. The summed E-state index contributed by atoms with van der Waals surface area (Å²) >= 11 is 0. The highest BCUT2D eigenvalue weighted by atomic mass is 16.6. The van der Waals surface area contributed by atoms with Gasteiger partial charge in [0.2, 0.25) is 0 Å². The predicted molar refractivity (Wildman–Crippen MR) is 54.8 cm³/mol. The second-order valence-corrected chi connectivity index (χ2v) is 2.67. The van der Waals surface area contributed by atoms with Gasteiger partial charge in [0.15, 0.2) is 0 Å². The Morgan fingerprint density at radius 2 is 1.38 bits per heavy atom. The van der Waals surface area contributed by atoms with Crippen molar-refractivity contribution < 1.29 is 28.5 Å². The smallest absolute Gasteiger partial charge is 0.338 e. The van der Waals surface area contributed by atoms with Crippen molar-refractivity contribution in [1.82, 2.24) is 0 Å². The number of rotatable bonds is 6. The maximum Gasteiger partial charge on any atom is 0.338 e. The molecule has 0 spiro atoms. The number of hydrogen-bond acceptors (Lipinski definition) is 6. The lowest BCUT2D eigenvalue weighted by Gasteiger charge is -2.00. The van der Waals surface area contributed by atoms with Gasteiger partial charge in [-0.05, 0) is 0 Å². The molecule has 1 aliphatic heterocycles. The third-order valence-electron chi connectivity index (χ3n) is 1.42. The van der Waals surface area contributed by atoms with Crippen LogP contribution in [0.1, 0.15) is 0 Å². The van der Waals surface area contributed by atoms with Gasteiger partial charge >= 0.3 is 11.9 Å². The second-order valence-electron chi connectivity index (χ2n) is 2.67. The number of cyclic esters (lactones) is 2. The van der Waals surface area contributed by atoms with Crippen LogP contribution in [0.15, 0.2) is 12.2 Å². The summed E-state index contributed by atoms with van der Waals surface area (Å²) in [6.45, 7) is 2.62. The van der Waals surface area contributed by atoms with Gasteiger partial charge in [-0.2, -0.15) is 0 Å². The average molecular weight is 232 g/mol. The van der Waals surface area contributed by atoms with Gasteiger partial charge in [-0.1, -0.05) is 0 Å². The largest absolute Gasteiger partial charge is 0.387 e. The Kier molecular flexibility index (Phi) is 9.49. The van der Waals surface area contributed by atoms with Gasteiger partial charge in [0.1, 0.15) is 0 Å². The van der Waals surface area contributed by atoms with E-state index in [1.165, 1.54) is 0 Å². The van der Waals surface area contributed by atoms with Crippen molar-refractivity contribution in [2.24, 2.45) is 0 Å². The Hall–Kier alpha value is -1.24. The molecule has 0 aromatic heterocycles. The molecule has 0 bridgehead atoms. The lowest BCUT2D eigenvalue weighted by atomic mass is 10.6. The van der Waals surface area contributed by atoms with Crippen molar-refractivity contribution >= 4 is 11.9 Å². The Balaban J connectivity index is 0.000000288. The van der Waals surface area contributed by atoms with Crippen molar-refractivity contribution in [3.05, 3.63) is 12.2 Å². The molecule has 92 valence electrons. The summed E-state index contributed by atoms with van der Waals surface area (Å²) in [5.41, 5.74) is 0. The number of hydrogen-bond donors (Lipinski definition) is 0. The first-order chi connectivity index (χ1) is 7.70. The lowest BCUT2D eigenvalue weighted by molar-refractivity contribution is -0.150. The standard InChI is InChI=1S/C6H14O3.C4H2O3/c1-7-3-5-9-6-4-8-2;5-3-1-2-4(6)7-3/h3-6H2,1-2H3;1-2H. The number of esters is 2. The highest BCUT2D eigenvalue weighted by molar-refractivity contribution is 6.04. The molecule has 0 N–H and O–H groups in total. The van der Waals surface area contributed by atoms with E-state index in [0.717, 1.165) is 12.2 Å². The molecule has 0 aromatic rings. The van der Waals surface area contributed by atoms with Crippen LogP contribution >= 0.6 is 0 Å². The zero-order chi connectivity index (χ0) is 12.2. The van der Waals surface area contributed by atoms with Crippen LogP contribution in [-0.2, 0) is 28.5 Å². The first-order valence-corrected chi connectivity index (χ1v) is 4.70. The third-order valence-corrected chi connectivity index (χ3v) is 1.42. The predicted octanol–water partition coefficient (Wildman–Crippen LogP) is -0.0782. The molecule has 6 nitrogen and oxygen atoms in total. The van der Waals surface area contributed by atoms with E-state index in [-0.39, 0.29) is 0 Å². The zero-order valence-corrected chi connectivity index (χ0v) is 9.43. The Labute approximate surface area is 94.1 Å². The van der Waals surface area contributed by atoms with E-state index >= 15 is 0 Å². The normalized spacial score (nSPS) is 13.4. The van der Waals surface area contributed by atoms with Gasteiger partial charge in [0, 0.05) is 26.4 Å². The summed E-state index contributed by atoms with van der Waals surface area (Å²) in [6, 6.07) is 0. The Morgan fingerprint density at radius 1 is 0.938 bits per heavy atom. The lowest BCUT2D eigenvalue weighted by Crippen LogP contribution is -2.06. The fourth-order valence-electron chi connectivity index (χ4n) is 0.690. The number of carbonyl (C=O) groups excluding carboxylic acids is 2. The van der Waals surface area contributed by atoms with Gasteiger partial charge < -0.3 is 18.9 Å². The van der Waals surface area contributed by atoms with Gasteiger partial charge in [-0.25, -0.2) is 9.59 Å². The first-order valence-electron chi connectivity index (χ1n) is 4.70. The molecule has 0 atom stereocenters. The fourth-order valence-corrected chi connectivity index (χ4v) is 0.690. The van der Waals surface area contributed by atoms with E-state index < -0.39 is 11.9 Å². The van der Waals surface area contributed by atoms with Crippen molar-refractivity contribution in [3.63, 3.8) is 0 Å². The molecular weight excluding hydrogens is 216 g/mol. The maximum atomic E-state index is 9.92. The fraction of sp³-hybridized carbons (Fsp3) is 0.600. The summed E-state index contributed by atoms with van der Waals surface area (Å²) in [5, 5.41) is 0. The summed E-state index contributed by atoms with van der Waals surface area (Å²) in [5.74, 6) is -1.16. The highest BCUT2D eigenvalue weighted by Gasteiger charge is 2.10. The van der Waals surface area contributed by atoms with Crippen molar-refractivity contribution in [3.8, 4) is 0 Å². The minimum Gasteiger partial charge on any atom is -0.387 e. The molecule has 1 rings (SSSR count). The quantitative estimate of drug-likeness (QED) is 0.362. The van der Waals surface area contributed by atoms with Crippen LogP contribution in [0.3, 0.4) is 0 Å². The van der Waals surface area contributed by atoms with Crippen LogP contribution in [0, 0.1) is 0 Å². The molecular formula is C10H16O6. The van der Waals surface area contributed by atoms with Gasteiger partial charge in [-0.3, -0.25) is 0 Å². The number of ether oxygens (including phenoxy) is 4. The van der Waals surface area contributed by atoms with Gasteiger partial charge in [0.05, 0.1) is 26.4 Å². The topological polar surface area (TPSA) is 71.1 Å². The summed E-state index contributed by atoms with van der Waals surface area (Å²) < 4.78 is 18.5. The molecule has 0 aliphatic carbocycles. The van der Waals surface area contributed by atoms with Gasteiger partial charge in [-0.15, -0.1) is 0 Å². The van der Waals surface area contributed by atoms with Crippen LogP contribution in [0.4, 0.5) is 0 Å². The molecule has 0 saturated heterocycles. The Morgan fingerprint density at radius 3 is 1.62 bits per heavy atom. The molecule has 0 aromatic carbocycles. The van der Waals surface area contributed by atoms with Crippen LogP contribution in [-0.4, -0.2) is 52.6 Å². The highest BCUT2D eigenvalue weighted by Crippen LogP contribution is 1.92. The molecule has 6 heteroatoms. The maximum absolute atomic E-state index is 9.92. The van der Waals surface area contributed by atoms with E-state index in [0.29, 0.717) is 26.4 Å². The molecule has 0 radical (unpaired) electrons. The molecule has 0 saturated carbocycles. The minimum absolute atomic E-state index is 0.579.